The fourth-order valence-corrected chi connectivity index (χ4v) is 9.59. The molecule has 4 aliphatic heterocycles. The van der Waals surface area contributed by atoms with Crippen LogP contribution in [-0.2, 0) is 31.3 Å². The highest BCUT2D eigenvalue weighted by Crippen LogP contribution is 2.46. The van der Waals surface area contributed by atoms with Crippen molar-refractivity contribution in [3.05, 3.63) is 12.7 Å². The molecule has 2 aromatic heterocycles. The normalized spacial score (nSPS) is 30.8. The number of hydrogen-bond donors (Lipinski definition) is 1. The average Bonchev–Trinajstić information content (AvgIpc) is 3.43. The van der Waals surface area contributed by atoms with Crippen molar-refractivity contribution < 1.29 is 31.3 Å². The molecule has 2 aromatic rings. The van der Waals surface area contributed by atoms with E-state index in [0.29, 0.717) is 36.8 Å². The zero-order chi connectivity index (χ0) is 32.1. The Bertz CT molecular complexity index is 1270. The highest BCUT2D eigenvalue weighted by Gasteiger charge is 2.56. The lowest BCUT2D eigenvalue weighted by atomic mass is 10.1. The van der Waals surface area contributed by atoms with Gasteiger partial charge in [0.05, 0.1) is 32.8 Å². The largest absolute Gasteiger partial charge is 0.679 e. The number of nitrogens with zero attached hydrogens (tertiary/aromatic N) is 5. The van der Waals surface area contributed by atoms with E-state index in [9.17, 15) is 0 Å². The summed E-state index contributed by atoms with van der Waals surface area (Å²) < 4.78 is 48.4. The highest BCUT2D eigenvalue weighted by molar-refractivity contribution is 6.74. The molecule has 6 rings (SSSR count). The predicted octanol–water partition coefficient (Wildman–Crippen LogP) is 3.92. The number of ether oxygens (including phenoxy) is 1. The first-order valence-corrected chi connectivity index (χ1v) is 23.1. The summed E-state index contributed by atoms with van der Waals surface area (Å²) in [4.78, 5) is 15.5. The fraction of sp³-hybridized carbons (Fsp3) is 0.821. The highest BCUT2D eigenvalue weighted by atomic mass is 28.4. The van der Waals surface area contributed by atoms with Crippen molar-refractivity contribution in [1.82, 2.24) is 24.4 Å². The number of nitrogens with two attached hydrogens (primary N) is 1. The molecule has 2 N–H and O–H groups in total. The maximum absolute atomic E-state index is 7.23. The van der Waals surface area contributed by atoms with Crippen LogP contribution in [0, 0.1) is 0 Å². The molecule has 4 aliphatic rings. The van der Waals surface area contributed by atoms with Crippen LogP contribution in [0.5, 0.6) is 0 Å². The Labute approximate surface area is 264 Å². The van der Waals surface area contributed by atoms with Crippen LogP contribution < -0.4 is 5.73 Å². The van der Waals surface area contributed by atoms with E-state index in [-0.39, 0.29) is 16.7 Å². The monoisotopic (exact) mass is 668 g/mol. The molecular formula is C28H52N6O7Si3. The minimum atomic E-state index is -3.40. The summed E-state index contributed by atoms with van der Waals surface area (Å²) in [6, 6.07) is 0. The van der Waals surface area contributed by atoms with Gasteiger partial charge in [-0.2, -0.15) is 0 Å². The number of nitrogen functional groups attached to an aromatic ring is 1. The topological polar surface area (TPSA) is 137 Å². The molecule has 4 saturated heterocycles. The van der Waals surface area contributed by atoms with Crippen LogP contribution in [0.1, 0.15) is 47.8 Å². The third-order valence-corrected chi connectivity index (χ3v) is 21.0. The SMILES string of the molecule is CC(C)(C)[Si](C)(C)O[C@@H]1[C@H](O[Si](C)(C)C(C)(C)C)[C@@H](CO[Si]23OCCN(CCO2)CCO3)O[C@H]1n1cnc2c(N)ncnc21. The molecule has 0 amide bonds. The van der Waals surface area contributed by atoms with E-state index in [4.69, 9.17) is 37.0 Å². The van der Waals surface area contributed by atoms with Crippen molar-refractivity contribution in [3.8, 4) is 0 Å². The number of fused-ring (bicyclic) bond motifs is 7. The number of hydrogen-bond acceptors (Lipinski definition) is 12. The summed E-state index contributed by atoms with van der Waals surface area (Å²) in [5, 5.41) is -0.0978. The molecule has 13 nitrogen and oxygen atoms in total. The van der Waals surface area contributed by atoms with Gasteiger partial charge in [-0.05, 0) is 36.3 Å². The van der Waals surface area contributed by atoms with Gasteiger partial charge >= 0.3 is 9.05 Å². The van der Waals surface area contributed by atoms with Crippen molar-refractivity contribution in [1.29, 1.82) is 0 Å². The molecule has 4 atom stereocenters. The second-order valence-corrected chi connectivity index (χ2v) is 26.7. The Kier molecular flexibility index (Phi) is 9.56. The standard InChI is InChI=1S/C28H52N6O7Si3/c1-27(2,3)42(7,8)40-22-20(17-38-44-35-14-11-33(12-15-36-44)13-16-37-44)39-26(23(22)41-43(9,10)28(4,5)6)34-19-32-21-24(29)30-18-31-25(21)34/h18-20,22-23,26H,11-17H2,1-10H3,(H2,29,30,31)/t20-,22-,23-,26-/m1/s1. The van der Waals surface area contributed by atoms with E-state index in [1.54, 1.807) is 6.33 Å². The Hall–Kier alpha value is -1.32. The van der Waals surface area contributed by atoms with Crippen LogP contribution in [0.3, 0.4) is 0 Å². The molecular weight excluding hydrogens is 617 g/mol. The molecule has 248 valence electrons. The Morgan fingerprint density at radius 3 is 1.95 bits per heavy atom. The van der Waals surface area contributed by atoms with Crippen molar-refractivity contribution in [2.75, 3.05) is 51.8 Å². The molecule has 0 aromatic carbocycles. The van der Waals surface area contributed by atoms with Gasteiger partial charge in [0.1, 0.15) is 30.2 Å². The number of rotatable bonds is 8. The van der Waals surface area contributed by atoms with Crippen LogP contribution in [0.15, 0.2) is 12.7 Å². The molecule has 4 fully saturated rings. The Morgan fingerprint density at radius 1 is 0.864 bits per heavy atom. The van der Waals surface area contributed by atoms with Crippen LogP contribution in [-0.4, -0.2) is 114 Å². The van der Waals surface area contributed by atoms with Crippen LogP contribution in [0.4, 0.5) is 5.82 Å². The summed E-state index contributed by atoms with van der Waals surface area (Å²) in [5.74, 6) is 0.311. The van der Waals surface area contributed by atoms with Gasteiger partial charge in [0.2, 0.25) is 0 Å². The quantitative estimate of drug-likeness (QED) is 0.408. The number of anilines is 1. The Balaban J connectivity index is 1.54. The zero-order valence-corrected chi connectivity index (χ0v) is 31.1. The smallest absolute Gasteiger partial charge is 0.408 e. The van der Waals surface area contributed by atoms with Crippen LogP contribution in [0.25, 0.3) is 11.2 Å². The maximum atomic E-state index is 7.23. The van der Waals surface area contributed by atoms with E-state index in [2.05, 4.69) is 87.6 Å². The summed E-state index contributed by atoms with van der Waals surface area (Å²) in [5.41, 5.74) is 7.27. The first-order chi connectivity index (χ1) is 20.4. The van der Waals surface area contributed by atoms with E-state index >= 15 is 0 Å². The second kappa shape index (κ2) is 12.4. The van der Waals surface area contributed by atoms with Gasteiger partial charge in [-0.1, -0.05) is 41.5 Å². The van der Waals surface area contributed by atoms with Crippen molar-refractivity contribution in [2.24, 2.45) is 0 Å². The first-order valence-electron chi connectivity index (χ1n) is 15.7. The third kappa shape index (κ3) is 6.85. The number of imidazole rings is 1. The van der Waals surface area contributed by atoms with Gasteiger partial charge in [0, 0.05) is 19.6 Å². The van der Waals surface area contributed by atoms with Gasteiger partial charge in [0.15, 0.2) is 34.3 Å². The summed E-state index contributed by atoms with van der Waals surface area (Å²) in [6.45, 7) is 26.5. The van der Waals surface area contributed by atoms with Crippen molar-refractivity contribution in [2.45, 2.75) is 102 Å². The molecule has 6 heterocycles. The van der Waals surface area contributed by atoms with Gasteiger partial charge in [-0.25, -0.2) is 15.0 Å². The summed E-state index contributed by atoms with van der Waals surface area (Å²) in [7, 11) is -8.05. The zero-order valence-electron chi connectivity index (χ0n) is 28.1. The number of aromatic nitrogens is 4. The molecule has 44 heavy (non-hydrogen) atoms. The molecule has 0 radical (unpaired) electrons. The minimum Gasteiger partial charge on any atom is -0.408 e. The lowest BCUT2D eigenvalue weighted by molar-refractivity contribution is -0.102. The summed E-state index contributed by atoms with van der Waals surface area (Å²) >= 11 is 0. The minimum absolute atomic E-state index is 0.0465. The van der Waals surface area contributed by atoms with Crippen LogP contribution in [0.2, 0.25) is 36.3 Å². The third-order valence-electron chi connectivity index (χ3n) is 9.90. The lowest BCUT2D eigenvalue weighted by Crippen LogP contribution is -2.58. The van der Waals surface area contributed by atoms with Crippen molar-refractivity contribution >= 4 is 42.7 Å². The van der Waals surface area contributed by atoms with E-state index in [0.717, 1.165) is 19.6 Å². The Morgan fingerprint density at radius 2 is 1.41 bits per heavy atom. The van der Waals surface area contributed by atoms with Gasteiger partial charge in [-0.3, -0.25) is 9.47 Å². The first kappa shape index (κ1) is 34.0. The molecule has 0 saturated carbocycles. The molecule has 0 spiro atoms. The molecule has 2 bridgehead atoms. The molecule has 0 aliphatic carbocycles. The van der Waals surface area contributed by atoms with Crippen molar-refractivity contribution in [3.63, 3.8) is 0 Å². The van der Waals surface area contributed by atoms with E-state index in [1.807, 2.05) is 4.57 Å². The van der Waals surface area contributed by atoms with Gasteiger partial charge in [-0.15, -0.1) is 0 Å². The second-order valence-electron chi connectivity index (χ2n) is 15.0. The summed E-state index contributed by atoms with van der Waals surface area (Å²) in [6.07, 6.45) is 1.11. The average molecular weight is 669 g/mol. The van der Waals surface area contributed by atoms with Gasteiger partial charge < -0.3 is 37.0 Å². The molecule has 0 unspecified atom stereocenters. The molecule has 16 heteroatoms. The van der Waals surface area contributed by atoms with E-state index in [1.165, 1.54) is 6.33 Å². The predicted molar refractivity (Wildman–Crippen MR) is 174 cm³/mol. The van der Waals surface area contributed by atoms with Gasteiger partial charge in [0.25, 0.3) is 0 Å². The fourth-order valence-electron chi connectivity index (χ4n) is 5.09. The van der Waals surface area contributed by atoms with Crippen LogP contribution >= 0.6 is 0 Å². The lowest BCUT2D eigenvalue weighted by Gasteiger charge is -2.44. The van der Waals surface area contributed by atoms with E-state index < -0.39 is 50.2 Å². The maximum Gasteiger partial charge on any atom is 0.679 e.